The molecule has 0 unspecified atom stereocenters. The van der Waals surface area contributed by atoms with Gasteiger partial charge in [0.25, 0.3) is 5.79 Å². The largest absolute Gasteiger partial charge is 0.477 e. The SMILES string of the molecule is CC(=O)N[C@@H]1[C@@H](O)[C@H](O[C@@H]2O[C@H](CO)[C@@H](O[C@@H]3O[C@H](CO[C@H]4O[C@H](CO)[C@@H](O)[C@H](O)[C@@H]4O[C@@H]4O[C@H](CO)[C@@H](O[C@@H]5O[C@H](CO)[C@H](O)[C@H](O)[C@H]5O)[C@H](O)[C@H]4NC(C)=O)[C@@H](O)[C@H](O[C@H]4O[C@H](CO)[C@@H](O)[C@H](O)[C@@H]4O[C@@H]4O[C@H](CO)[C@@H](O[C@@H]5O[C@H](CO[C@]6(C(=O)O)C[C@H](O)[C@@H](NC(C)=O)[C@H]([C@H](O)[C@H](O)CO)O6)[C@H](O)[C@H](O)[C@H]5O)[C@H](O)[C@H]4NC(C)=O)[C@@H]3O)[C@H](O)[C@H]2NC(C)=O)[C@@H](CO)O[C@@H]1O. The lowest BCUT2D eigenvalue weighted by Gasteiger charge is -2.51. The normalized spacial score (nSPS) is 47.2. The molecule has 0 aromatic rings. The molecule has 762 valence electrons. The van der Waals surface area contributed by atoms with Gasteiger partial charge in [-0.1, -0.05) is 0 Å². The number of aliphatic hydroxyl groups is 28. The molecular formula is C73H121N5O54. The summed E-state index contributed by atoms with van der Waals surface area (Å²) in [5, 5.41) is 336. The number of carboxylic acid groups (broad SMARTS) is 1. The van der Waals surface area contributed by atoms with E-state index in [1.54, 1.807) is 0 Å². The average molecular weight is 1930 g/mol. The number of nitrogens with one attached hydrogen (secondary N) is 5. The Bertz CT molecular complexity index is 3680. The molecule has 0 aromatic carbocycles. The van der Waals surface area contributed by atoms with Crippen molar-refractivity contribution < 1.29 is 267 Å². The molecule has 0 aliphatic carbocycles. The molecule has 34 N–H and O–H groups in total. The first kappa shape index (κ1) is 109. The monoisotopic (exact) mass is 1930 g/mol. The van der Waals surface area contributed by atoms with Gasteiger partial charge in [-0.25, -0.2) is 4.79 Å². The number of carboxylic acids is 1. The van der Waals surface area contributed by atoms with E-state index in [1.165, 1.54) is 0 Å². The Morgan fingerprint density at radius 3 is 1.01 bits per heavy atom. The van der Waals surface area contributed by atoms with Crippen molar-refractivity contribution in [3.05, 3.63) is 0 Å². The predicted octanol–water partition coefficient (Wildman–Crippen LogP) is -22.9. The molecule has 0 bridgehead atoms. The fourth-order valence-corrected chi connectivity index (χ4v) is 16.9. The summed E-state index contributed by atoms with van der Waals surface area (Å²) < 4.78 is 113. The van der Waals surface area contributed by atoms with Crippen molar-refractivity contribution >= 4 is 35.5 Å². The van der Waals surface area contributed by atoms with Gasteiger partial charge in [0.15, 0.2) is 56.6 Å². The zero-order chi connectivity index (χ0) is 97.6. The van der Waals surface area contributed by atoms with Crippen molar-refractivity contribution in [1.29, 1.82) is 0 Å². The molecule has 10 saturated heterocycles. The van der Waals surface area contributed by atoms with Crippen LogP contribution in [-0.4, -0.2) is 562 Å². The topological polar surface area (TPSA) is 925 Å². The van der Waals surface area contributed by atoms with E-state index >= 15 is 0 Å². The molecule has 51 atom stereocenters. The van der Waals surface area contributed by atoms with Crippen LogP contribution in [0.15, 0.2) is 0 Å². The van der Waals surface area contributed by atoms with E-state index in [4.69, 9.17) is 90.0 Å². The molecule has 0 radical (unpaired) electrons. The van der Waals surface area contributed by atoms with Gasteiger partial charge in [-0.2, -0.15) is 0 Å². The molecular weight excluding hydrogens is 1810 g/mol. The second-order valence-electron chi connectivity index (χ2n) is 33.2. The van der Waals surface area contributed by atoms with E-state index in [0.29, 0.717) is 0 Å². The Labute approximate surface area is 746 Å². The maximum atomic E-state index is 13.2. The van der Waals surface area contributed by atoms with Crippen molar-refractivity contribution in [1.82, 2.24) is 26.6 Å². The van der Waals surface area contributed by atoms with Gasteiger partial charge in [-0.05, 0) is 0 Å². The van der Waals surface area contributed by atoms with Crippen LogP contribution in [0.25, 0.3) is 0 Å². The summed E-state index contributed by atoms with van der Waals surface area (Å²) in [5.41, 5.74) is 0. The molecule has 10 aliphatic heterocycles. The Morgan fingerprint density at radius 1 is 0.311 bits per heavy atom. The molecule has 0 saturated carbocycles. The lowest BCUT2D eigenvalue weighted by Crippen LogP contribution is -2.71. The number of hydrogen-bond donors (Lipinski definition) is 34. The lowest BCUT2D eigenvalue weighted by atomic mass is 9.88. The van der Waals surface area contributed by atoms with Crippen LogP contribution in [-0.2, 0) is 119 Å². The summed E-state index contributed by atoms with van der Waals surface area (Å²) in [7, 11) is 0. The molecule has 10 rings (SSSR count). The second-order valence-corrected chi connectivity index (χ2v) is 33.2. The Hall–Kier alpha value is -5.06. The highest BCUT2D eigenvalue weighted by Gasteiger charge is 2.63. The standard InChI is InChI=1S/C73H121N5O54/c1-17(87)74-33-22(92)6-73(72(112)113,132-59(33)38(94)23(93)7-79)115-16-32-42(98)49(105)53(109)68(124-32)127-57-29(13-85)122-66(37(47(57)103)78-21(5)91)131-62-51(107)41(97)26(10-82)119-71(62)129-60-43(99)31(123-69(54(60)110)128-58-30(14-86)120-64(35(45(58)101)76-19(3)89)125-55-27(11-83)116-63(111)34(44(55)100)75-18(2)88)15-114-70-61(50(106)40(96)25(9-81)118-70)130-65-36(77-20(4)90)46(102)56(28(12-84)121-65)126-67-52(108)48(104)39(95)24(8-80)117-67/h22-71,79-86,92-111H,6-16H2,1-5H3,(H,74,87)(H,75,88)(H,76,89)(H,77,90)(H,78,91)(H,112,113)/t22-,23+,24+,25+,26+,27+,28+,29+,30+,31+,32+,33+,34+,35+,36+,37+,38+,39-,40+,41+,42-,43+,44+,45+,46+,47+,48-,49-,50-,51-,52+,53+,54-,55+,56+,57+,58+,59+,60-,61-,62-,63-,64-,65-,66-,67-,68-,69-,70-,71+,73+/m0/s1. The number of hydrogen-bond acceptors (Lipinski definition) is 53. The van der Waals surface area contributed by atoms with Crippen molar-refractivity contribution in [3.63, 3.8) is 0 Å². The average Bonchev–Trinajstić information content (AvgIpc) is 0.759. The van der Waals surface area contributed by atoms with Crippen LogP contribution in [0.5, 0.6) is 0 Å². The molecule has 5 amide bonds. The van der Waals surface area contributed by atoms with Crippen molar-refractivity contribution in [3.8, 4) is 0 Å². The highest BCUT2D eigenvalue weighted by Crippen LogP contribution is 2.42. The van der Waals surface area contributed by atoms with Crippen LogP contribution in [0.4, 0.5) is 0 Å². The Kier molecular flexibility index (Phi) is 39.0. The number of amides is 5. The maximum Gasteiger partial charge on any atom is 0.364 e. The van der Waals surface area contributed by atoms with E-state index < -0.39 is 420 Å². The minimum Gasteiger partial charge on any atom is -0.477 e. The van der Waals surface area contributed by atoms with Crippen LogP contribution in [0.1, 0.15) is 41.0 Å². The van der Waals surface area contributed by atoms with E-state index in [2.05, 4.69) is 26.6 Å². The van der Waals surface area contributed by atoms with Gasteiger partial charge in [0, 0.05) is 41.0 Å². The van der Waals surface area contributed by atoms with Crippen LogP contribution in [0, 0.1) is 0 Å². The summed E-state index contributed by atoms with van der Waals surface area (Å²) in [6.07, 6.45) is -99.3. The number of carbonyl (C=O) groups excluding carboxylic acids is 5. The summed E-state index contributed by atoms with van der Waals surface area (Å²) >= 11 is 0. The van der Waals surface area contributed by atoms with Gasteiger partial charge in [-0.3, -0.25) is 24.0 Å². The highest BCUT2D eigenvalue weighted by molar-refractivity contribution is 5.77. The quantitative estimate of drug-likeness (QED) is 0.0277. The first-order valence-electron chi connectivity index (χ1n) is 41.8. The van der Waals surface area contributed by atoms with Gasteiger partial charge < -0.3 is 265 Å². The predicted molar refractivity (Wildman–Crippen MR) is 405 cm³/mol. The number of aliphatic carboxylic acids is 1. The molecule has 10 fully saturated rings. The number of carbonyl (C=O) groups is 6. The van der Waals surface area contributed by atoms with E-state index in [0.717, 1.165) is 34.6 Å². The summed E-state index contributed by atoms with van der Waals surface area (Å²) in [4.78, 5) is 76.7. The van der Waals surface area contributed by atoms with Gasteiger partial charge in [0.05, 0.1) is 78.2 Å². The molecule has 59 nitrogen and oxygen atoms in total. The minimum atomic E-state index is -3.11. The summed E-state index contributed by atoms with van der Waals surface area (Å²) in [5.74, 6) is -9.84. The molecule has 132 heavy (non-hydrogen) atoms. The van der Waals surface area contributed by atoms with Crippen LogP contribution in [0.3, 0.4) is 0 Å². The first-order valence-corrected chi connectivity index (χ1v) is 41.8. The third-order valence-corrected chi connectivity index (χ3v) is 23.8. The molecule has 59 heteroatoms. The van der Waals surface area contributed by atoms with E-state index in [1.807, 2.05) is 0 Å². The third kappa shape index (κ3) is 24.1. The second kappa shape index (κ2) is 47.3. The van der Waals surface area contributed by atoms with Crippen molar-refractivity contribution in [2.75, 3.05) is 66.1 Å². The summed E-state index contributed by atoms with van der Waals surface area (Å²) in [6, 6.07) is -9.43. The van der Waals surface area contributed by atoms with Gasteiger partial charge in [-0.15, -0.1) is 0 Å². The zero-order valence-electron chi connectivity index (χ0n) is 70.8. The molecule has 10 aliphatic rings. The van der Waals surface area contributed by atoms with Crippen LogP contribution in [0.2, 0.25) is 0 Å². The van der Waals surface area contributed by atoms with Crippen molar-refractivity contribution in [2.24, 2.45) is 0 Å². The van der Waals surface area contributed by atoms with E-state index in [-0.39, 0.29) is 0 Å². The van der Waals surface area contributed by atoms with Crippen molar-refractivity contribution in [2.45, 2.75) is 353 Å². The number of rotatable bonds is 36. The van der Waals surface area contributed by atoms with Gasteiger partial charge >= 0.3 is 5.97 Å². The number of ether oxygens (including phenoxy) is 19. The van der Waals surface area contributed by atoms with Crippen LogP contribution < -0.4 is 26.6 Å². The van der Waals surface area contributed by atoms with Gasteiger partial charge in [0.2, 0.25) is 29.5 Å². The smallest absolute Gasteiger partial charge is 0.364 e. The zero-order valence-corrected chi connectivity index (χ0v) is 70.8. The Balaban J connectivity index is 0.960. The summed E-state index contributed by atoms with van der Waals surface area (Å²) in [6.45, 7) is -7.13. The fraction of sp³-hybridized carbons (Fsp3) is 0.918. The minimum absolute atomic E-state index is 0.815. The third-order valence-electron chi connectivity index (χ3n) is 23.8. The fourth-order valence-electron chi connectivity index (χ4n) is 16.9. The molecule has 0 spiro atoms. The lowest BCUT2D eigenvalue weighted by molar-refractivity contribution is -0.399. The maximum absolute atomic E-state index is 13.2. The Morgan fingerprint density at radius 2 is 0.614 bits per heavy atom. The van der Waals surface area contributed by atoms with Crippen LogP contribution >= 0.6 is 0 Å². The van der Waals surface area contributed by atoms with E-state index in [9.17, 15) is 177 Å². The van der Waals surface area contributed by atoms with Gasteiger partial charge in [0.1, 0.15) is 238 Å². The molecule has 0 aromatic heterocycles. The highest BCUT2D eigenvalue weighted by atomic mass is 16.8. The first-order chi connectivity index (χ1) is 62.3. The molecule has 10 heterocycles. The number of aliphatic hydroxyl groups excluding tert-OH is 28.